The van der Waals surface area contributed by atoms with Crippen LogP contribution in [0.3, 0.4) is 0 Å². The molecule has 6 heteroatoms. The molecule has 0 aliphatic carbocycles. The molecule has 86 valence electrons. The number of non-ortho nitro benzene ring substituents is 1. The second kappa shape index (κ2) is 5.11. The maximum absolute atomic E-state index is 10.6. The number of hydrogen-bond donors (Lipinski definition) is 1. The van der Waals surface area contributed by atoms with Crippen molar-refractivity contribution in [2.75, 3.05) is 6.61 Å². The first-order valence-electron chi connectivity index (χ1n) is 4.66. The second-order valence-electron chi connectivity index (χ2n) is 3.10. The number of nitro groups is 1. The van der Waals surface area contributed by atoms with Crippen molar-refractivity contribution in [1.82, 2.24) is 0 Å². The third kappa shape index (κ3) is 3.23. The predicted molar refractivity (Wildman–Crippen MR) is 55.6 cm³/mol. The Morgan fingerprint density at radius 1 is 1.50 bits per heavy atom. The molecular formula is C10H11NO5. The molecule has 1 rings (SSSR count). The first-order chi connectivity index (χ1) is 7.52. The second-order valence-corrected chi connectivity index (χ2v) is 3.10. The lowest BCUT2D eigenvalue weighted by atomic mass is 10.1. The fourth-order valence-corrected chi connectivity index (χ4v) is 1.28. The number of carbonyl (C=O) groups is 1. The molecular weight excluding hydrogens is 214 g/mol. The van der Waals surface area contributed by atoms with Crippen LogP contribution in [0.2, 0.25) is 0 Å². The molecule has 16 heavy (non-hydrogen) atoms. The highest BCUT2D eigenvalue weighted by atomic mass is 16.6. The van der Waals surface area contributed by atoms with E-state index in [0.717, 1.165) is 0 Å². The molecule has 0 unspecified atom stereocenters. The number of ether oxygens (including phenoxy) is 1. The molecule has 1 N–H and O–H groups in total. The highest BCUT2D eigenvalue weighted by Crippen LogP contribution is 2.23. The lowest BCUT2D eigenvalue weighted by Gasteiger charge is -2.05. The minimum Gasteiger partial charge on any atom is -0.494 e. The molecule has 0 bridgehead atoms. The normalized spacial score (nSPS) is 9.81. The summed E-state index contributed by atoms with van der Waals surface area (Å²) < 4.78 is 5.12. The van der Waals surface area contributed by atoms with E-state index >= 15 is 0 Å². The third-order valence-electron chi connectivity index (χ3n) is 1.83. The Hall–Kier alpha value is -2.11. The number of rotatable bonds is 5. The van der Waals surface area contributed by atoms with Gasteiger partial charge < -0.3 is 9.84 Å². The van der Waals surface area contributed by atoms with E-state index in [4.69, 9.17) is 9.84 Å². The number of nitro benzene ring substituents is 1. The lowest BCUT2D eigenvalue weighted by Crippen LogP contribution is -2.02. The van der Waals surface area contributed by atoms with Gasteiger partial charge in [-0.15, -0.1) is 0 Å². The van der Waals surface area contributed by atoms with Crippen LogP contribution in [-0.4, -0.2) is 22.6 Å². The minimum atomic E-state index is -1.04. The quantitative estimate of drug-likeness (QED) is 0.607. The molecule has 0 atom stereocenters. The van der Waals surface area contributed by atoms with Crippen LogP contribution in [0.1, 0.15) is 12.5 Å². The van der Waals surface area contributed by atoms with Crippen molar-refractivity contribution in [3.8, 4) is 5.75 Å². The zero-order chi connectivity index (χ0) is 12.1. The fourth-order valence-electron chi connectivity index (χ4n) is 1.28. The number of nitrogens with zero attached hydrogens (tertiary/aromatic N) is 1. The lowest BCUT2D eigenvalue weighted by molar-refractivity contribution is -0.385. The van der Waals surface area contributed by atoms with Crippen molar-refractivity contribution in [3.63, 3.8) is 0 Å². The van der Waals surface area contributed by atoms with E-state index in [9.17, 15) is 14.9 Å². The summed E-state index contributed by atoms with van der Waals surface area (Å²) in [6, 6.07) is 4.00. The molecule has 0 aliphatic rings. The average molecular weight is 225 g/mol. The van der Waals surface area contributed by atoms with Crippen LogP contribution in [-0.2, 0) is 11.2 Å². The highest BCUT2D eigenvalue weighted by Gasteiger charge is 2.12. The van der Waals surface area contributed by atoms with Gasteiger partial charge in [0.05, 0.1) is 24.0 Å². The molecule has 0 aromatic heterocycles. The molecule has 1 aromatic carbocycles. The van der Waals surface area contributed by atoms with Crippen molar-refractivity contribution in [2.45, 2.75) is 13.3 Å². The number of carboxylic acids is 1. The van der Waals surface area contributed by atoms with Crippen molar-refractivity contribution in [3.05, 3.63) is 33.9 Å². The monoisotopic (exact) mass is 225 g/mol. The molecule has 0 spiro atoms. The first kappa shape index (κ1) is 12.0. The summed E-state index contributed by atoms with van der Waals surface area (Å²) in [5, 5.41) is 19.2. The summed E-state index contributed by atoms with van der Waals surface area (Å²) in [7, 11) is 0. The summed E-state index contributed by atoms with van der Waals surface area (Å²) in [5.74, 6) is -0.726. The molecule has 0 radical (unpaired) electrons. The highest BCUT2D eigenvalue weighted by molar-refractivity contribution is 5.70. The Labute approximate surface area is 91.6 Å². The molecule has 1 aromatic rings. The topological polar surface area (TPSA) is 89.7 Å². The standard InChI is InChI=1S/C10H11NO5/c1-2-16-9-4-7(5-10(12)13)3-8(6-9)11(14)15/h3-4,6H,2,5H2,1H3,(H,12,13). The average Bonchev–Trinajstić information content (AvgIpc) is 2.16. The van der Waals surface area contributed by atoms with Crippen molar-refractivity contribution < 1.29 is 19.6 Å². The van der Waals surface area contributed by atoms with Crippen LogP contribution in [0.4, 0.5) is 5.69 Å². The van der Waals surface area contributed by atoms with Gasteiger partial charge >= 0.3 is 5.97 Å². The summed E-state index contributed by atoms with van der Waals surface area (Å²) in [6.07, 6.45) is -0.262. The van der Waals surface area contributed by atoms with Gasteiger partial charge in [0.2, 0.25) is 0 Å². The Morgan fingerprint density at radius 3 is 2.69 bits per heavy atom. The van der Waals surface area contributed by atoms with E-state index in [0.29, 0.717) is 17.9 Å². The van der Waals surface area contributed by atoms with E-state index in [1.165, 1.54) is 18.2 Å². The SMILES string of the molecule is CCOc1cc(CC(=O)O)cc([N+](=O)[O-])c1. The summed E-state index contributed by atoms with van der Waals surface area (Å²) in [6.45, 7) is 2.11. The van der Waals surface area contributed by atoms with Crippen LogP contribution in [0.15, 0.2) is 18.2 Å². The van der Waals surface area contributed by atoms with Crippen LogP contribution < -0.4 is 4.74 Å². The van der Waals surface area contributed by atoms with Gasteiger partial charge in [0.1, 0.15) is 5.75 Å². The van der Waals surface area contributed by atoms with E-state index < -0.39 is 10.9 Å². The van der Waals surface area contributed by atoms with E-state index in [2.05, 4.69) is 0 Å². The first-order valence-corrected chi connectivity index (χ1v) is 4.66. The van der Waals surface area contributed by atoms with Gasteiger partial charge in [0.25, 0.3) is 5.69 Å². The Bertz CT molecular complexity index is 416. The van der Waals surface area contributed by atoms with Crippen LogP contribution in [0, 0.1) is 10.1 Å². The van der Waals surface area contributed by atoms with E-state index in [1.54, 1.807) is 6.92 Å². The Morgan fingerprint density at radius 2 is 2.19 bits per heavy atom. The summed E-state index contributed by atoms with van der Waals surface area (Å²) >= 11 is 0. The zero-order valence-electron chi connectivity index (χ0n) is 8.67. The van der Waals surface area contributed by atoms with Gasteiger partial charge in [-0.05, 0) is 18.6 Å². The van der Waals surface area contributed by atoms with Crippen molar-refractivity contribution >= 4 is 11.7 Å². The fraction of sp³-hybridized carbons (Fsp3) is 0.300. The third-order valence-corrected chi connectivity index (χ3v) is 1.83. The molecule has 6 nitrogen and oxygen atoms in total. The molecule has 0 saturated carbocycles. The maximum Gasteiger partial charge on any atom is 0.307 e. The van der Waals surface area contributed by atoms with Crippen molar-refractivity contribution in [2.24, 2.45) is 0 Å². The molecule has 0 amide bonds. The molecule has 0 fully saturated rings. The Balaban J connectivity index is 3.07. The molecule has 0 heterocycles. The number of aliphatic carboxylic acids is 1. The minimum absolute atomic E-state index is 0.165. The number of hydrogen-bond acceptors (Lipinski definition) is 4. The van der Waals surface area contributed by atoms with E-state index in [-0.39, 0.29) is 12.1 Å². The number of benzene rings is 1. The summed E-state index contributed by atoms with van der Waals surface area (Å²) in [5.41, 5.74) is 0.187. The zero-order valence-corrected chi connectivity index (χ0v) is 8.67. The van der Waals surface area contributed by atoms with Crippen LogP contribution in [0.25, 0.3) is 0 Å². The summed E-state index contributed by atoms with van der Waals surface area (Å²) in [4.78, 5) is 20.5. The van der Waals surface area contributed by atoms with Crippen LogP contribution >= 0.6 is 0 Å². The molecule has 0 aliphatic heterocycles. The number of carboxylic acid groups (broad SMARTS) is 1. The predicted octanol–water partition coefficient (Wildman–Crippen LogP) is 1.62. The van der Waals surface area contributed by atoms with Gasteiger partial charge in [0, 0.05) is 6.07 Å². The van der Waals surface area contributed by atoms with Gasteiger partial charge in [-0.2, -0.15) is 0 Å². The molecule has 0 saturated heterocycles. The smallest absolute Gasteiger partial charge is 0.307 e. The van der Waals surface area contributed by atoms with Gasteiger partial charge in [-0.1, -0.05) is 0 Å². The van der Waals surface area contributed by atoms with Crippen molar-refractivity contribution in [1.29, 1.82) is 0 Å². The van der Waals surface area contributed by atoms with Crippen LogP contribution in [0.5, 0.6) is 5.75 Å². The Kier molecular flexibility index (Phi) is 3.82. The van der Waals surface area contributed by atoms with E-state index in [1.807, 2.05) is 0 Å². The maximum atomic E-state index is 10.6. The largest absolute Gasteiger partial charge is 0.494 e. The van der Waals surface area contributed by atoms with Gasteiger partial charge in [0.15, 0.2) is 0 Å². The van der Waals surface area contributed by atoms with Gasteiger partial charge in [-0.3, -0.25) is 14.9 Å². The van der Waals surface area contributed by atoms with Gasteiger partial charge in [-0.25, -0.2) is 0 Å².